The smallest absolute Gasteiger partial charge is 0.329 e. The first kappa shape index (κ1) is 19.7. The Hall–Kier alpha value is -2.58. The van der Waals surface area contributed by atoms with Gasteiger partial charge >= 0.3 is 5.69 Å². The van der Waals surface area contributed by atoms with Crippen LogP contribution in [0.3, 0.4) is 0 Å². The molecule has 8 nitrogen and oxygen atoms in total. The first-order chi connectivity index (χ1) is 14.0. The maximum absolute atomic E-state index is 12.7. The Balaban J connectivity index is 1.85. The van der Waals surface area contributed by atoms with E-state index >= 15 is 0 Å². The van der Waals surface area contributed by atoms with Gasteiger partial charge in [0.05, 0.1) is 6.54 Å². The molecule has 1 fully saturated rings. The number of benzene rings is 1. The highest BCUT2D eigenvalue weighted by Crippen LogP contribution is 2.25. The van der Waals surface area contributed by atoms with Crippen molar-refractivity contribution in [2.24, 2.45) is 12.8 Å². The number of rotatable bonds is 4. The topological polar surface area (TPSA) is 111 Å². The van der Waals surface area contributed by atoms with Gasteiger partial charge in [0, 0.05) is 24.2 Å². The number of aromatic amines is 1. The van der Waals surface area contributed by atoms with Crippen molar-refractivity contribution in [3.63, 3.8) is 0 Å². The van der Waals surface area contributed by atoms with Crippen molar-refractivity contribution in [3.8, 4) is 0 Å². The monoisotopic (exact) mass is 416 g/mol. The zero-order valence-corrected chi connectivity index (χ0v) is 17.1. The summed E-state index contributed by atoms with van der Waals surface area (Å²) in [5, 5.41) is 4.06. The lowest BCUT2D eigenvalue weighted by Crippen LogP contribution is -2.40. The minimum atomic E-state index is -0.498. The number of imidazole rings is 1. The molecule has 29 heavy (non-hydrogen) atoms. The first-order valence-electron chi connectivity index (χ1n) is 9.91. The highest BCUT2D eigenvalue weighted by Gasteiger charge is 2.24. The normalized spacial score (nSPS) is 20.0. The van der Waals surface area contributed by atoms with Crippen molar-refractivity contribution in [1.82, 2.24) is 19.1 Å². The molecule has 1 aromatic carbocycles. The molecule has 0 radical (unpaired) electrons. The van der Waals surface area contributed by atoms with Crippen molar-refractivity contribution < 1.29 is 0 Å². The lowest BCUT2D eigenvalue weighted by atomic mass is 10.0. The number of nitrogens with two attached hydrogens (primary N) is 1. The number of anilines is 1. The van der Waals surface area contributed by atoms with Crippen LogP contribution in [0.4, 0.5) is 5.95 Å². The molecule has 0 saturated heterocycles. The van der Waals surface area contributed by atoms with E-state index in [0.29, 0.717) is 28.7 Å². The average molecular weight is 417 g/mol. The summed E-state index contributed by atoms with van der Waals surface area (Å²) in [6.45, 7) is 0.349. The summed E-state index contributed by atoms with van der Waals surface area (Å²) in [7, 11) is 1.59. The minimum Gasteiger partial charge on any atom is -0.351 e. The number of fused-ring (bicyclic) bond motifs is 1. The largest absolute Gasteiger partial charge is 0.351 e. The molecule has 2 heterocycles. The van der Waals surface area contributed by atoms with Crippen molar-refractivity contribution in [2.75, 3.05) is 5.32 Å². The number of hydrogen-bond acceptors (Lipinski definition) is 5. The van der Waals surface area contributed by atoms with Crippen molar-refractivity contribution in [2.45, 2.75) is 50.7 Å². The molecule has 4 N–H and O–H groups in total. The second kappa shape index (κ2) is 8.04. The molecule has 1 aliphatic carbocycles. The predicted octanol–water partition coefficient (Wildman–Crippen LogP) is 2.20. The third-order valence-corrected chi connectivity index (χ3v) is 6.05. The van der Waals surface area contributed by atoms with Gasteiger partial charge in [0.1, 0.15) is 0 Å². The van der Waals surface area contributed by atoms with Gasteiger partial charge in [-0.2, -0.15) is 4.98 Å². The van der Waals surface area contributed by atoms with Gasteiger partial charge in [-0.3, -0.25) is 18.9 Å². The Morgan fingerprint density at radius 3 is 2.79 bits per heavy atom. The van der Waals surface area contributed by atoms with Crippen molar-refractivity contribution in [3.05, 3.63) is 55.7 Å². The number of H-pyrrole nitrogens is 1. The first-order valence-corrected chi connectivity index (χ1v) is 10.3. The molecule has 0 spiro atoms. The predicted molar refractivity (Wildman–Crippen MR) is 115 cm³/mol. The van der Waals surface area contributed by atoms with Crippen molar-refractivity contribution >= 4 is 28.7 Å². The number of nitrogens with zero attached hydrogens (tertiary/aromatic N) is 3. The molecule has 0 bridgehead atoms. The van der Waals surface area contributed by atoms with Gasteiger partial charge in [0.25, 0.3) is 5.56 Å². The summed E-state index contributed by atoms with van der Waals surface area (Å²) in [5.41, 5.74) is 6.93. The molecule has 2 atom stereocenters. The number of aryl methyl sites for hydroxylation is 1. The average Bonchev–Trinajstić information content (AvgIpc) is 2.92. The fourth-order valence-electron chi connectivity index (χ4n) is 3.98. The summed E-state index contributed by atoms with van der Waals surface area (Å²) >= 11 is 6.36. The van der Waals surface area contributed by atoms with E-state index in [1.54, 1.807) is 11.6 Å². The Labute approximate surface area is 172 Å². The van der Waals surface area contributed by atoms with E-state index in [4.69, 9.17) is 17.3 Å². The zero-order chi connectivity index (χ0) is 20.5. The molecular weight excluding hydrogens is 392 g/mol. The van der Waals surface area contributed by atoms with Crippen LogP contribution in [0.25, 0.3) is 11.2 Å². The Morgan fingerprint density at radius 2 is 2.00 bits per heavy atom. The Kier molecular flexibility index (Phi) is 5.47. The Morgan fingerprint density at radius 1 is 1.24 bits per heavy atom. The molecule has 9 heteroatoms. The summed E-state index contributed by atoms with van der Waals surface area (Å²) < 4.78 is 3.13. The van der Waals surface area contributed by atoms with Crippen LogP contribution in [0.15, 0.2) is 33.9 Å². The van der Waals surface area contributed by atoms with Crippen LogP contribution in [0.2, 0.25) is 5.02 Å². The number of nitrogens with one attached hydrogen (secondary N) is 2. The van der Waals surface area contributed by atoms with E-state index in [1.807, 2.05) is 24.3 Å². The molecule has 0 aliphatic heterocycles. The summed E-state index contributed by atoms with van der Waals surface area (Å²) in [5.74, 6) is 0.522. The van der Waals surface area contributed by atoms with E-state index in [2.05, 4.69) is 15.3 Å². The third kappa shape index (κ3) is 3.82. The second-order valence-corrected chi connectivity index (χ2v) is 8.06. The maximum Gasteiger partial charge on any atom is 0.329 e. The molecule has 154 valence electrons. The van der Waals surface area contributed by atoms with Gasteiger partial charge < -0.3 is 11.1 Å². The second-order valence-electron chi connectivity index (χ2n) is 7.66. The van der Waals surface area contributed by atoms with Crippen LogP contribution in [-0.4, -0.2) is 31.2 Å². The molecule has 4 rings (SSSR count). The zero-order valence-electron chi connectivity index (χ0n) is 16.3. The van der Waals surface area contributed by atoms with Crippen molar-refractivity contribution in [1.29, 1.82) is 0 Å². The summed E-state index contributed by atoms with van der Waals surface area (Å²) in [6.07, 6.45) is 5.25. The minimum absolute atomic E-state index is 0.00757. The van der Waals surface area contributed by atoms with E-state index in [1.165, 1.54) is 4.57 Å². The summed E-state index contributed by atoms with van der Waals surface area (Å²) in [4.78, 5) is 31.7. The molecule has 1 aliphatic rings. The van der Waals surface area contributed by atoms with E-state index in [9.17, 15) is 9.59 Å². The number of halogens is 1. The van der Waals surface area contributed by atoms with Gasteiger partial charge in [-0.15, -0.1) is 0 Å². The van der Waals surface area contributed by atoms with Crippen LogP contribution in [0, 0.1) is 0 Å². The Bertz CT molecular complexity index is 1150. The van der Waals surface area contributed by atoms with E-state index < -0.39 is 11.2 Å². The molecular formula is C20H25ClN6O2. The van der Waals surface area contributed by atoms with E-state index in [-0.39, 0.29) is 12.1 Å². The SMILES string of the molecule is Cn1c(=O)[nH]c(=O)c2c1nc(N[C@@H]1CCCCC[C@@H]1N)n2Cc1ccccc1Cl. The van der Waals surface area contributed by atoms with Gasteiger partial charge in [0.2, 0.25) is 5.95 Å². The highest BCUT2D eigenvalue weighted by molar-refractivity contribution is 6.31. The number of aromatic nitrogens is 4. The fourth-order valence-corrected chi connectivity index (χ4v) is 4.17. The maximum atomic E-state index is 12.7. The van der Waals surface area contributed by atoms with E-state index in [0.717, 1.165) is 37.7 Å². The molecule has 0 unspecified atom stereocenters. The molecule has 0 amide bonds. The van der Waals surface area contributed by atoms with Gasteiger partial charge in [-0.05, 0) is 24.5 Å². The van der Waals surface area contributed by atoms with Gasteiger partial charge in [-0.1, -0.05) is 49.1 Å². The third-order valence-electron chi connectivity index (χ3n) is 5.68. The summed E-state index contributed by atoms with van der Waals surface area (Å²) in [6, 6.07) is 7.53. The van der Waals surface area contributed by atoms with Crippen LogP contribution in [0.1, 0.15) is 37.7 Å². The number of hydrogen-bond donors (Lipinski definition) is 3. The van der Waals surface area contributed by atoms with Gasteiger partial charge in [-0.25, -0.2) is 4.79 Å². The van der Waals surface area contributed by atoms with Gasteiger partial charge in [0.15, 0.2) is 11.2 Å². The van der Waals surface area contributed by atoms with Crippen LogP contribution < -0.4 is 22.3 Å². The highest BCUT2D eigenvalue weighted by atomic mass is 35.5. The quantitative estimate of drug-likeness (QED) is 0.564. The molecule has 2 aromatic heterocycles. The van der Waals surface area contributed by atoms with Crippen LogP contribution in [-0.2, 0) is 13.6 Å². The molecule has 3 aromatic rings. The fraction of sp³-hybridized carbons (Fsp3) is 0.450. The lowest BCUT2D eigenvalue weighted by molar-refractivity contribution is 0.523. The standard InChI is InChI=1S/C20H25ClN6O2/c1-26-17-16(18(28)25-20(26)29)27(11-12-7-5-6-8-13(12)21)19(24-17)23-15-10-4-2-3-9-14(15)22/h5-8,14-15H,2-4,9-11,22H2,1H3,(H,23,24)(H,25,28,29)/t14-,15+/m0/s1. The lowest BCUT2D eigenvalue weighted by Gasteiger charge is -2.23. The molecule has 1 saturated carbocycles. The van der Waals surface area contributed by atoms with Crippen LogP contribution >= 0.6 is 11.6 Å². The van der Waals surface area contributed by atoms with Crippen LogP contribution in [0.5, 0.6) is 0 Å².